The van der Waals surface area contributed by atoms with E-state index in [1.807, 2.05) is 0 Å². The lowest BCUT2D eigenvalue weighted by Gasteiger charge is -2.21. The smallest absolute Gasteiger partial charge is 0.462 e. The van der Waals surface area contributed by atoms with Gasteiger partial charge in [0.15, 0.2) is 12.2 Å². The molecule has 0 radical (unpaired) electrons. The average Bonchev–Trinajstić information content (AvgIpc) is 3.57. The quantitative estimate of drug-likeness (QED) is 0.0222. The Kier molecular flexibility index (Phi) is 63.7. The van der Waals surface area contributed by atoms with Crippen LogP contribution in [0.5, 0.6) is 0 Å². The van der Waals surface area contributed by atoms with E-state index < -0.39 is 97.5 Å². The third-order valence-corrected chi connectivity index (χ3v) is 18.9. The maximum atomic E-state index is 13.1. The van der Waals surface area contributed by atoms with Crippen molar-refractivity contribution in [3.63, 3.8) is 0 Å². The molecule has 2 unspecified atom stereocenters. The van der Waals surface area contributed by atoms with Gasteiger partial charge in [0.25, 0.3) is 0 Å². The van der Waals surface area contributed by atoms with E-state index in [0.29, 0.717) is 31.6 Å². The lowest BCUT2D eigenvalue weighted by atomic mass is 10.0. The molecule has 0 fully saturated rings. The number of hydrogen-bond acceptors (Lipinski definition) is 15. The lowest BCUT2D eigenvalue weighted by molar-refractivity contribution is -0.161. The van der Waals surface area contributed by atoms with Gasteiger partial charge in [0.1, 0.15) is 19.3 Å². The van der Waals surface area contributed by atoms with Crippen LogP contribution < -0.4 is 0 Å². The standard InChI is InChI=1S/C73H142O17P2/c1-7-9-11-13-15-17-19-20-21-25-29-32-36-43-49-55-70(75)83-61-68(89-73(78)58-52-46-38-34-30-26-23-22-24-28-31-35-41-47-53-65(3)4)63-87-91(79,80)85-59-67(74)60-86-92(81,82)88-64-69(62-84-71(76)56-50-44-40-39-42-48-54-66(5)6)90-72(77)57-51-45-37-33-27-18-16-14-12-10-8-2/h65-69,74H,7-64H2,1-6H3,(H,79,80)(H,81,82)/t67-,68-,69-/m1/s1. The second-order valence-corrected chi connectivity index (χ2v) is 30.2. The maximum absolute atomic E-state index is 13.1. The number of aliphatic hydroxyl groups is 1. The molecule has 0 aliphatic heterocycles. The second kappa shape index (κ2) is 65.0. The summed E-state index contributed by atoms with van der Waals surface area (Å²) in [6.07, 6.45) is 51.4. The number of aliphatic hydroxyl groups excluding tert-OH is 1. The molecular weight excluding hydrogens is 1210 g/mol. The fourth-order valence-corrected chi connectivity index (χ4v) is 12.7. The first kappa shape index (κ1) is 90.1. The Morgan fingerprint density at radius 2 is 0.500 bits per heavy atom. The van der Waals surface area contributed by atoms with Crippen LogP contribution in [0.15, 0.2) is 0 Å². The fourth-order valence-electron chi connectivity index (χ4n) is 11.1. The molecule has 0 aromatic carbocycles. The zero-order valence-electron chi connectivity index (χ0n) is 59.9. The first-order chi connectivity index (χ1) is 44.4. The summed E-state index contributed by atoms with van der Waals surface area (Å²) < 4.78 is 68.4. The van der Waals surface area contributed by atoms with E-state index in [2.05, 4.69) is 41.5 Å². The minimum Gasteiger partial charge on any atom is -0.462 e. The van der Waals surface area contributed by atoms with Crippen LogP contribution in [-0.4, -0.2) is 96.7 Å². The van der Waals surface area contributed by atoms with Crippen molar-refractivity contribution in [1.29, 1.82) is 0 Å². The summed E-state index contributed by atoms with van der Waals surface area (Å²) >= 11 is 0. The van der Waals surface area contributed by atoms with Gasteiger partial charge < -0.3 is 33.8 Å². The Labute approximate surface area is 562 Å². The van der Waals surface area contributed by atoms with E-state index in [4.69, 9.17) is 37.0 Å². The van der Waals surface area contributed by atoms with Crippen LogP contribution in [0.2, 0.25) is 0 Å². The number of rotatable bonds is 72. The van der Waals surface area contributed by atoms with Gasteiger partial charge in [0.2, 0.25) is 0 Å². The molecule has 0 amide bonds. The topological polar surface area (TPSA) is 237 Å². The molecular formula is C73H142O17P2. The van der Waals surface area contributed by atoms with Crippen LogP contribution in [0.1, 0.15) is 375 Å². The molecule has 0 aliphatic rings. The first-order valence-corrected chi connectivity index (χ1v) is 41.0. The number of ether oxygens (including phenoxy) is 4. The van der Waals surface area contributed by atoms with Crippen molar-refractivity contribution < 1.29 is 80.2 Å². The average molecular weight is 1350 g/mol. The third-order valence-electron chi connectivity index (χ3n) is 17.0. The lowest BCUT2D eigenvalue weighted by Crippen LogP contribution is -2.30. The highest BCUT2D eigenvalue weighted by atomic mass is 31.2. The predicted molar refractivity (Wildman–Crippen MR) is 372 cm³/mol. The van der Waals surface area contributed by atoms with E-state index in [1.165, 1.54) is 186 Å². The molecule has 19 heteroatoms. The largest absolute Gasteiger partial charge is 0.472 e. The molecule has 3 N–H and O–H groups in total. The van der Waals surface area contributed by atoms with Crippen LogP contribution in [0.4, 0.5) is 0 Å². The van der Waals surface area contributed by atoms with Crippen LogP contribution in [0.25, 0.3) is 0 Å². The number of phosphoric acid groups is 2. The Balaban J connectivity index is 5.23. The van der Waals surface area contributed by atoms with E-state index in [9.17, 15) is 43.2 Å². The summed E-state index contributed by atoms with van der Waals surface area (Å²) in [5.74, 6) is -0.645. The molecule has 546 valence electrons. The summed E-state index contributed by atoms with van der Waals surface area (Å²) in [6, 6.07) is 0. The van der Waals surface area contributed by atoms with Gasteiger partial charge in [0, 0.05) is 25.7 Å². The molecule has 17 nitrogen and oxygen atoms in total. The van der Waals surface area contributed by atoms with Crippen molar-refractivity contribution in [2.24, 2.45) is 11.8 Å². The van der Waals surface area contributed by atoms with Gasteiger partial charge in [-0.2, -0.15) is 0 Å². The molecule has 92 heavy (non-hydrogen) atoms. The number of phosphoric ester groups is 2. The van der Waals surface area contributed by atoms with Gasteiger partial charge in [0.05, 0.1) is 26.4 Å². The van der Waals surface area contributed by atoms with Gasteiger partial charge in [-0.3, -0.25) is 37.3 Å². The molecule has 5 atom stereocenters. The minimum atomic E-state index is -4.95. The second-order valence-electron chi connectivity index (χ2n) is 27.3. The van der Waals surface area contributed by atoms with Crippen LogP contribution in [0.3, 0.4) is 0 Å². The molecule has 0 rings (SSSR count). The normalized spacial score (nSPS) is 14.1. The van der Waals surface area contributed by atoms with Crippen molar-refractivity contribution in [1.82, 2.24) is 0 Å². The summed E-state index contributed by atoms with van der Waals surface area (Å²) in [4.78, 5) is 72.6. The van der Waals surface area contributed by atoms with E-state index in [-0.39, 0.29) is 25.7 Å². The van der Waals surface area contributed by atoms with Gasteiger partial charge in [-0.25, -0.2) is 9.13 Å². The van der Waals surface area contributed by atoms with Crippen molar-refractivity contribution in [2.75, 3.05) is 39.6 Å². The summed E-state index contributed by atoms with van der Waals surface area (Å²) in [6.45, 7) is 9.51. The van der Waals surface area contributed by atoms with E-state index >= 15 is 0 Å². The van der Waals surface area contributed by atoms with Crippen molar-refractivity contribution >= 4 is 39.5 Å². The maximum Gasteiger partial charge on any atom is 0.472 e. The van der Waals surface area contributed by atoms with Gasteiger partial charge >= 0.3 is 39.5 Å². The van der Waals surface area contributed by atoms with Crippen LogP contribution >= 0.6 is 15.6 Å². The Morgan fingerprint density at radius 1 is 0.293 bits per heavy atom. The summed E-state index contributed by atoms with van der Waals surface area (Å²) in [5, 5.41) is 10.6. The zero-order valence-corrected chi connectivity index (χ0v) is 61.6. The SMILES string of the molecule is CCCCCCCCCCCCCCCCCC(=O)OC[C@H](COP(=O)(O)OC[C@@H](O)COP(=O)(O)OC[C@@H](COC(=O)CCCCCCCCC(C)C)OC(=O)CCCCCCCCCCCCC)OC(=O)CCCCCCCCCCCCCCCCC(C)C. The summed E-state index contributed by atoms with van der Waals surface area (Å²) in [7, 11) is -9.90. The fraction of sp³-hybridized carbons (Fsp3) is 0.945. The number of carbonyl (C=O) groups excluding carboxylic acids is 4. The number of unbranched alkanes of at least 4 members (excludes halogenated alkanes) is 42. The van der Waals surface area contributed by atoms with E-state index in [0.717, 1.165) is 102 Å². The molecule has 0 saturated carbocycles. The molecule has 0 aromatic heterocycles. The number of carbonyl (C=O) groups is 4. The van der Waals surface area contributed by atoms with E-state index in [1.54, 1.807) is 0 Å². The molecule has 0 spiro atoms. The third kappa shape index (κ3) is 66.7. The highest BCUT2D eigenvalue weighted by Gasteiger charge is 2.30. The number of hydrogen-bond donors (Lipinski definition) is 3. The van der Waals surface area contributed by atoms with Gasteiger partial charge in [-0.05, 0) is 37.5 Å². The molecule has 0 bridgehead atoms. The highest BCUT2D eigenvalue weighted by Crippen LogP contribution is 2.45. The van der Waals surface area contributed by atoms with Gasteiger partial charge in [-0.15, -0.1) is 0 Å². The molecule has 0 aromatic rings. The predicted octanol–water partition coefficient (Wildman–Crippen LogP) is 21.2. The highest BCUT2D eigenvalue weighted by molar-refractivity contribution is 7.47. The Morgan fingerprint density at radius 3 is 0.739 bits per heavy atom. The Hall–Kier alpha value is -1.94. The van der Waals surface area contributed by atoms with Crippen LogP contribution in [-0.2, 0) is 65.4 Å². The van der Waals surface area contributed by atoms with Gasteiger partial charge in [-0.1, -0.05) is 324 Å². The molecule has 0 heterocycles. The van der Waals surface area contributed by atoms with Crippen molar-refractivity contribution in [3.05, 3.63) is 0 Å². The monoisotopic (exact) mass is 1350 g/mol. The van der Waals surface area contributed by atoms with Crippen molar-refractivity contribution in [3.8, 4) is 0 Å². The number of esters is 4. The summed E-state index contributed by atoms with van der Waals surface area (Å²) in [5.41, 5.74) is 0. The zero-order chi connectivity index (χ0) is 67.9. The Bertz CT molecular complexity index is 1790. The minimum absolute atomic E-state index is 0.106. The molecule has 0 aliphatic carbocycles. The van der Waals surface area contributed by atoms with Crippen LogP contribution in [0, 0.1) is 11.8 Å². The molecule has 0 saturated heterocycles. The first-order valence-electron chi connectivity index (χ1n) is 38.0. The van der Waals surface area contributed by atoms with Crippen molar-refractivity contribution in [2.45, 2.75) is 394 Å².